The molecule has 0 aromatic rings. The maximum atomic E-state index is 10.9. The van der Waals surface area contributed by atoms with Crippen LogP contribution in [-0.2, 0) is 10.0 Å². The number of hydrogen-bond donors (Lipinski definition) is 2. The van der Waals surface area contributed by atoms with E-state index in [1.165, 1.54) is 11.0 Å². The van der Waals surface area contributed by atoms with Crippen molar-refractivity contribution >= 4 is 32.7 Å². The first-order valence-electron chi connectivity index (χ1n) is 3.62. The molecule has 0 unspecified atom stereocenters. The number of rotatable bonds is 2. The van der Waals surface area contributed by atoms with Gasteiger partial charge in [-0.1, -0.05) is 11.7 Å². The molecular formula is C5H12N2O2S3. The Labute approximate surface area is 81.9 Å². The van der Waals surface area contributed by atoms with Gasteiger partial charge >= 0.3 is 0 Å². The van der Waals surface area contributed by atoms with Crippen molar-refractivity contribution in [2.45, 2.75) is 18.1 Å². The van der Waals surface area contributed by atoms with Gasteiger partial charge in [-0.2, -0.15) is 0 Å². The molecule has 0 bridgehead atoms. The van der Waals surface area contributed by atoms with E-state index in [9.17, 15) is 8.42 Å². The Morgan fingerprint density at radius 1 is 1.42 bits per heavy atom. The third kappa shape index (κ3) is 2.81. The van der Waals surface area contributed by atoms with Crippen LogP contribution in [0.15, 0.2) is 0 Å². The first-order chi connectivity index (χ1) is 5.54. The van der Waals surface area contributed by atoms with Crippen LogP contribution in [-0.4, -0.2) is 31.1 Å². The van der Waals surface area contributed by atoms with Crippen LogP contribution in [0.3, 0.4) is 0 Å². The van der Waals surface area contributed by atoms with Gasteiger partial charge in [0.1, 0.15) is 0 Å². The fraction of sp³-hybridized carbons (Fsp3) is 1.00. The van der Waals surface area contributed by atoms with E-state index in [4.69, 9.17) is 5.14 Å². The van der Waals surface area contributed by atoms with Gasteiger partial charge in [0, 0.05) is 13.1 Å². The third-order valence-electron chi connectivity index (χ3n) is 1.98. The van der Waals surface area contributed by atoms with Crippen molar-refractivity contribution in [3.8, 4) is 0 Å². The highest BCUT2D eigenvalue weighted by molar-refractivity contribution is 8.67. The molecule has 72 valence electrons. The average molecular weight is 228 g/mol. The zero-order chi connectivity index (χ0) is 9.19. The molecule has 0 saturated carbocycles. The van der Waals surface area contributed by atoms with Gasteiger partial charge in [-0.3, -0.25) is 0 Å². The van der Waals surface area contributed by atoms with Crippen LogP contribution >= 0.6 is 22.6 Å². The van der Waals surface area contributed by atoms with Crippen LogP contribution in [0.25, 0.3) is 0 Å². The second-order valence-electron chi connectivity index (χ2n) is 2.80. The van der Waals surface area contributed by atoms with Gasteiger partial charge in [0.15, 0.2) is 0 Å². The zero-order valence-electron chi connectivity index (χ0n) is 6.51. The van der Waals surface area contributed by atoms with E-state index in [0.29, 0.717) is 12.8 Å². The Balaban J connectivity index is 2.47. The van der Waals surface area contributed by atoms with Crippen molar-refractivity contribution in [1.82, 2.24) is 4.31 Å². The molecule has 0 radical (unpaired) electrons. The van der Waals surface area contributed by atoms with E-state index in [1.54, 1.807) is 0 Å². The van der Waals surface area contributed by atoms with E-state index in [-0.39, 0.29) is 5.25 Å². The Morgan fingerprint density at radius 3 is 2.25 bits per heavy atom. The van der Waals surface area contributed by atoms with E-state index in [0.717, 1.165) is 13.1 Å². The fourth-order valence-corrected chi connectivity index (χ4v) is 2.97. The van der Waals surface area contributed by atoms with Gasteiger partial charge < -0.3 is 0 Å². The molecule has 2 N–H and O–H groups in total. The predicted molar refractivity (Wildman–Crippen MR) is 54.3 cm³/mol. The summed E-state index contributed by atoms with van der Waals surface area (Å²) in [5.74, 6) is 0. The number of nitrogens with zero attached hydrogens (tertiary/aromatic N) is 1. The molecule has 1 heterocycles. The lowest BCUT2D eigenvalue weighted by Crippen LogP contribution is -2.38. The largest absolute Gasteiger partial charge is 0.241 e. The predicted octanol–water partition coefficient (Wildman–Crippen LogP) is 0.232. The lowest BCUT2D eigenvalue weighted by atomic mass is 10.2. The van der Waals surface area contributed by atoms with Crippen LogP contribution in [0, 0.1) is 0 Å². The third-order valence-corrected chi connectivity index (χ3v) is 4.67. The van der Waals surface area contributed by atoms with Crippen LogP contribution in [0.4, 0.5) is 0 Å². The highest BCUT2D eigenvalue weighted by atomic mass is 33.1. The Bertz CT molecular complexity index is 233. The van der Waals surface area contributed by atoms with Crippen molar-refractivity contribution in [2.24, 2.45) is 5.14 Å². The Kier molecular flexibility index (Phi) is 3.72. The summed E-state index contributed by atoms with van der Waals surface area (Å²) in [5.41, 5.74) is 0. The van der Waals surface area contributed by atoms with Crippen molar-refractivity contribution in [1.29, 1.82) is 0 Å². The molecule has 4 nitrogen and oxygen atoms in total. The summed E-state index contributed by atoms with van der Waals surface area (Å²) in [4.78, 5) is 0. The smallest absolute Gasteiger partial charge is 0.212 e. The van der Waals surface area contributed by atoms with E-state index >= 15 is 0 Å². The van der Waals surface area contributed by atoms with E-state index in [1.807, 2.05) is 4.31 Å². The highest BCUT2D eigenvalue weighted by Gasteiger charge is 2.26. The Morgan fingerprint density at radius 2 is 1.92 bits per heavy atom. The van der Waals surface area contributed by atoms with Crippen LogP contribution in [0.2, 0.25) is 0 Å². The van der Waals surface area contributed by atoms with Gasteiger partial charge in [-0.05, 0) is 23.8 Å². The number of sulfonamides is 1. The lowest BCUT2D eigenvalue weighted by molar-refractivity contribution is 0.381. The molecule has 0 aromatic heterocycles. The molecule has 0 aliphatic carbocycles. The highest BCUT2D eigenvalue weighted by Crippen LogP contribution is 2.23. The summed E-state index contributed by atoms with van der Waals surface area (Å²) in [7, 11) is -1.97. The van der Waals surface area contributed by atoms with Crippen LogP contribution in [0.1, 0.15) is 12.8 Å². The van der Waals surface area contributed by atoms with Crippen molar-refractivity contribution < 1.29 is 8.42 Å². The molecule has 0 amide bonds. The molecule has 1 aliphatic rings. The number of nitrogens with two attached hydrogens (primary N) is 1. The molecule has 12 heavy (non-hydrogen) atoms. The SMILES string of the molecule is NS(=O)(=O)C1CCN(SS)CC1. The molecule has 1 saturated heterocycles. The number of primary sulfonamides is 1. The average Bonchev–Trinajstić information content (AvgIpc) is 2.03. The topological polar surface area (TPSA) is 63.4 Å². The second-order valence-corrected chi connectivity index (χ2v) is 5.81. The molecule has 1 rings (SSSR count). The lowest BCUT2D eigenvalue weighted by Gasteiger charge is -2.27. The van der Waals surface area contributed by atoms with Gasteiger partial charge in [0.25, 0.3) is 0 Å². The van der Waals surface area contributed by atoms with Crippen molar-refractivity contribution in [3.63, 3.8) is 0 Å². The summed E-state index contributed by atoms with van der Waals surface area (Å²) in [6.07, 6.45) is 1.23. The monoisotopic (exact) mass is 228 g/mol. The summed E-state index contributed by atoms with van der Waals surface area (Å²) in [6.45, 7) is 1.49. The minimum atomic E-state index is -3.32. The summed E-state index contributed by atoms with van der Waals surface area (Å²) in [5, 5.41) is 4.67. The normalized spacial score (nSPS) is 22.8. The molecule has 0 spiro atoms. The molecule has 1 fully saturated rings. The Hall–Kier alpha value is 0.570. The van der Waals surface area contributed by atoms with Gasteiger partial charge in [0.05, 0.1) is 5.25 Å². The molecule has 0 atom stereocenters. The van der Waals surface area contributed by atoms with Gasteiger partial charge in [0.2, 0.25) is 10.0 Å². The first-order valence-corrected chi connectivity index (χ1v) is 7.05. The number of piperidine rings is 1. The number of thiol groups is 1. The first kappa shape index (κ1) is 10.6. The summed E-state index contributed by atoms with van der Waals surface area (Å²) >= 11 is 4.03. The zero-order valence-corrected chi connectivity index (χ0v) is 9.04. The maximum absolute atomic E-state index is 10.9. The summed E-state index contributed by atoms with van der Waals surface area (Å²) < 4.78 is 23.8. The summed E-state index contributed by atoms with van der Waals surface area (Å²) in [6, 6.07) is 0. The minimum Gasteiger partial charge on any atom is -0.241 e. The molecular weight excluding hydrogens is 216 g/mol. The van der Waals surface area contributed by atoms with Crippen molar-refractivity contribution in [2.75, 3.05) is 13.1 Å². The second kappa shape index (κ2) is 4.19. The molecule has 7 heteroatoms. The van der Waals surface area contributed by atoms with E-state index in [2.05, 4.69) is 11.7 Å². The van der Waals surface area contributed by atoms with E-state index < -0.39 is 10.0 Å². The van der Waals surface area contributed by atoms with Crippen molar-refractivity contribution in [3.05, 3.63) is 0 Å². The fourth-order valence-electron chi connectivity index (χ4n) is 1.24. The van der Waals surface area contributed by atoms with Crippen LogP contribution < -0.4 is 5.14 Å². The standard InChI is InChI=1S/C5H12N2O2S3/c6-12(8,9)5-1-3-7(11-10)4-2-5/h5,10H,1-4H2,(H2,6,8,9). The maximum Gasteiger partial charge on any atom is 0.212 e. The molecule has 0 aromatic carbocycles. The van der Waals surface area contributed by atoms with Gasteiger partial charge in [-0.15, -0.1) is 0 Å². The molecule has 1 aliphatic heterocycles. The minimum absolute atomic E-state index is 0.353. The quantitative estimate of drug-likeness (QED) is 0.403. The number of hydrogen-bond acceptors (Lipinski definition) is 5. The van der Waals surface area contributed by atoms with Gasteiger partial charge in [-0.25, -0.2) is 17.9 Å². The van der Waals surface area contributed by atoms with Crippen LogP contribution in [0.5, 0.6) is 0 Å².